The molecule has 120 valence electrons. The Kier molecular flexibility index (Phi) is 3.91. The van der Waals surface area contributed by atoms with Crippen LogP contribution in [-0.2, 0) is 16.6 Å². The van der Waals surface area contributed by atoms with Crippen LogP contribution >= 0.6 is 0 Å². The Morgan fingerprint density at radius 2 is 1.96 bits per heavy atom. The predicted molar refractivity (Wildman–Crippen MR) is 86.0 cm³/mol. The van der Waals surface area contributed by atoms with Gasteiger partial charge in [-0.2, -0.15) is 0 Å². The van der Waals surface area contributed by atoms with Crippen molar-refractivity contribution in [1.82, 2.24) is 14.7 Å². The molecule has 0 fully saturated rings. The van der Waals surface area contributed by atoms with Crippen LogP contribution in [0.2, 0.25) is 0 Å². The van der Waals surface area contributed by atoms with Crippen LogP contribution in [-0.4, -0.2) is 18.4 Å². The Balaban J connectivity index is 1.82. The van der Waals surface area contributed by atoms with Crippen molar-refractivity contribution in [2.45, 2.75) is 25.3 Å². The third-order valence-electron chi connectivity index (χ3n) is 3.56. The molecule has 2 aromatic carbocycles. The minimum absolute atomic E-state index is 0.0809. The average Bonchev–Trinajstić information content (AvgIpc) is 2.84. The normalized spacial score (nSPS) is 12.0. The zero-order chi connectivity index (χ0) is 16.6. The van der Waals surface area contributed by atoms with Crippen molar-refractivity contribution in [2.24, 2.45) is 0 Å². The number of halogens is 1. The molecule has 0 radical (unpaired) electrons. The van der Waals surface area contributed by atoms with E-state index in [0.717, 1.165) is 28.5 Å². The minimum atomic E-state index is -3.70. The van der Waals surface area contributed by atoms with E-state index in [1.807, 2.05) is 25.1 Å². The van der Waals surface area contributed by atoms with Crippen LogP contribution in [0.15, 0.2) is 41.3 Å². The highest BCUT2D eigenvalue weighted by molar-refractivity contribution is 7.89. The number of nitrogens with one attached hydrogen (secondary N) is 2. The summed E-state index contributed by atoms with van der Waals surface area (Å²) in [6.45, 7) is 3.57. The van der Waals surface area contributed by atoms with Gasteiger partial charge in [-0.15, -0.1) is 0 Å². The summed E-state index contributed by atoms with van der Waals surface area (Å²) < 4.78 is 40.4. The van der Waals surface area contributed by atoms with E-state index in [0.29, 0.717) is 5.56 Å². The van der Waals surface area contributed by atoms with Gasteiger partial charge in [0, 0.05) is 6.54 Å². The van der Waals surface area contributed by atoms with Crippen molar-refractivity contribution < 1.29 is 12.8 Å². The van der Waals surface area contributed by atoms with E-state index in [9.17, 15) is 12.8 Å². The molecular weight excluding hydrogens is 317 g/mol. The zero-order valence-electron chi connectivity index (χ0n) is 12.7. The van der Waals surface area contributed by atoms with E-state index in [1.165, 1.54) is 12.1 Å². The molecule has 0 spiro atoms. The Hall–Kier alpha value is -2.25. The predicted octanol–water partition coefficient (Wildman–Crippen LogP) is 2.80. The van der Waals surface area contributed by atoms with E-state index in [2.05, 4.69) is 14.7 Å². The van der Waals surface area contributed by atoms with Crippen LogP contribution in [0, 0.1) is 19.7 Å². The van der Waals surface area contributed by atoms with Gasteiger partial charge in [0.25, 0.3) is 0 Å². The van der Waals surface area contributed by atoms with Crippen LogP contribution < -0.4 is 4.72 Å². The number of benzene rings is 2. The van der Waals surface area contributed by atoms with E-state index in [1.54, 1.807) is 6.92 Å². The highest BCUT2D eigenvalue weighted by atomic mass is 32.2. The van der Waals surface area contributed by atoms with Gasteiger partial charge in [-0.1, -0.05) is 6.07 Å². The number of sulfonamides is 1. The molecule has 0 aliphatic carbocycles. The van der Waals surface area contributed by atoms with Crippen LogP contribution in [0.25, 0.3) is 11.0 Å². The molecular formula is C16H16FN3O2S. The summed E-state index contributed by atoms with van der Waals surface area (Å²) in [6, 6.07) is 9.13. The van der Waals surface area contributed by atoms with E-state index < -0.39 is 15.8 Å². The number of aryl methyl sites for hydroxylation is 2. The van der Waals surface area contributed by atoms with Crippen LogP contribution in [0.4, 0.5) is 4.39 Å². The quantitative estimate of drug-likeness (QED) is 0.771. The molecule has 23 heavy (non-hydrogen) atoms. The molecule has 0 saturated heterocycles. The number of H-pyrrole nitrogens is 1. The summed E-state index contributed by atoms with van der Waals surface area (Å²) in [5, 5.41) is 0. The fraction of sp³-hybridized carbons (Fsp3) is 0.188. The molecule has 0 saturated carbocycles. The lowest BCUT2D eigenvalue weighted by molar-refractivity contribution is 0.579. The number of imidazole rings is 1. The second kappa shape index (κ2) is 5.75. The first-order valence-corrected chi connectivity index (χ1v) is 8.54. The van der Waals surface area contributed by atoms with Crippen molar-refractivity contribution in [2.75, 3.05) is 0 Å². The topological polar surface area (TPSA) is 74.8 Å². The zero-order valence-corrected chi connectivity index (χ0v) is 13.5. The van der Waals surface area contributed by atoms with E-state index >= 15 is 0 Å². The smallest absolute Gasteiger partial charge is 0.241 e. The maximum Gasteiger partial charge on any atom is 0.241 e. The standard InChI is InChI=1S/C16H16FN3O2S/c1-10-7-13(17)4-6-16(10)23(21,22)18-9-12-3-5-14-15(8-12)20-11(2)19-14/h3-8,18H,9H2,1-2H3,(H,19,20). The first kappa shape index (κ1) is 15.6. The number of aromatic amines is 1. The van der Waals surface area contributed by atoms with Crippen molar-refractivity contribution in [1.29, 1.82) is 0 Å². The number of fused-ring (bicyclic) bond motifs is 1. The van der Waals surface area contributed by atoms with Gasteiger partial charge in [0.15, 0.2) is 0 Å². The third-order valence-corrected chi connectivity index (χ3v) is 5.12. The first-order valence-electron chi connectivity index (χ1n) is 7.06. The molecule has 1 heterocycles. The molecule has 0 aliphatic rings. The van der Waals surface area contributed by atoms with Gasteiger partial charge in [-0.25, -0.2) is 22.5 Å². The van der Waals surface area contributed by atoms with Gasteiger partial charge in [-0.3, -0.25) is 0 Å². The fourth-order valence-electron chi connectivity index (χ4n) is 2.46. The lowest BCUT2D eigenvalue weighted by Gasteiger charge is -2.09. The molecule has 5 nitrogen and oxygen atoms in total. The van der Waals surface area contributed by atoms with Crippen LogP contribution in [0.1, 0.15) is 17.0 Å². The second-order valence-corrected chi connectivity index (χ2v) is 7.14. The number of nitrogens with zero attached hydrogens (tertiary/aromatic N) is 1. The van der Waals surface area contributed by atoms with Crippen molar-refractivity contribution in [3.8, 4) is 0 Å². The Labute approximate surface area is 133 Å². The monoisotopic (exact) mass is 333 g/mol. The van der Waals surface area contributed by atoms with Crippen molar-refractivity contribution >= 4 is 21.1 Å². The molecule has 3 aromatic rings. The summed E-state index contributed by atoms with van der Waals surface area (Å²) in [6.07, 6.45) is 0. The lowest BCUT2D eigenvalue weighted by atomic mass is 10.2. The summed E-state index contributed by atoms with van der Waals surface area (Å²) in [5.41, 5.74) is 2.88. The maximum atomic E-state index is 13.1. The molecule has 1 aromatic heterocycles. The van der Waals surface area contributed by atoms with Gasteiger partial charge in [0.2, 0.25) is 10.0 Å². The largest absolute Gasteiger partial charge is 0.342 e. The molecule has 0 bridgehead atoms. The Bertz CT molecular complexity index is 980. The number of rotatable bonds is 4. The van der Waals surface area contributed by atoms with Gasteiger partial charge in [-0.05, 0) is 55.3 Å². The summed E-state index contributed by atoms with van der Waals surface area (Å²) >= 11 is 0. The molecule has 0 atom stereocenters. The highest BCUT2D eigenvalue weighted by Crippen LogP contribution is 2.17. The third kappa shape index (κ3) is 3.25. The van der Waals surface area contributed by atoms with Crippen LogP contribution in [0.3, 0.4) is 0 Å². The minimum Gasteiger partial charge on any atom is -0.342 e. The van der Waals surface area contributed by atoms with E-state index in [4.69, 9.17) is 0 Å². The molecule has 0 amide bonds. The SMILES string of the molecule is Cc1nc2ccc(CNS(=O)(=O)c3ccc(F)cc3C)cc2[nH]1. The first-order chi connectivity index (χ1) is 10.8. The van der Waals surface area contributed by atoms with Crippen molar-refractivity contribution in [3.05, 3.63) is 59.2 Å². The second-order valence-electron chi connectivity index (χ2n) is 5.41. The maximum absolute atomic E-state index is 13.1. The van der Waals surface area contributed by atoms with Gasteiger partial charge in [0.1, 0.15) is 11.6 Å². The van der Waals surface area contributed by atoms with Gasteiger partial charge in [0.05, 0.1) is 15.9 Å². The summed E-state index contributed by atoms with van der Waals surface area (Å²) in [5.74, 6) is 0.348. The average molecular weight is 333 g/mol. The number of hydrogen-bond donors (Lipinski definition) is 2. The Morgan fingerprint density at radius 3 is 2.70 bits per heavy atom. The Morgan fingerprint density at radius 1 is 1.17 bits per heavy atom. The van der Waals surface area contributed by atoms with Gasteiger partial charge < -0.3 is 4.98 Å². The van der Waals surface area contributed by atoms with Gasteiger partial charge >= 0.3 is 0 Å². The van der Waals surface area contributed by atoms with E-state index in [-0.39, 0.29) is 11.4 Å². The highest BCUT2D eigenvalue weighted by Gasteiger charge is 2.17. The lowest BCUT2D eigenvalue weighted by Crippen LogP contribution is -2.24. The summed E-state index contributed by atoms with van der Waals surface area (Å²) in [4.78, 5) is 7.49. The molecule has 0 aliphatic heterocycles. The van der Waals surface area contributed by atoms with Crippen molar-refractivity contribution in [3.63, 3.8) is 0 Å². The number of hydrogen-bond acceptors (Lipinski definition) is 3. The fourth-order valence-corrected chi connectivity index (χ4v) is 3.71. The molecule has 7 heteroatoms. The molecule has 0 unspecified atom stereocenters. The molecule has 2 N–H and O–H groups in total. The molecule has 3 rings (SSSR count). The summed E-state index contributed by atoms with van der Waals surface area (Å²) in [7, 11) is -3.70. The number of aromatic nitrogens is 2. The van der Waals surface area contributed by atoms with Crippen LogP contribution in [0.5, 0.6) is 0 Å².